The van der Waals surface area contributed by atoms with Gasteiger partial charge in [-0.25, -0.2) is 9.98 Å². The van der Waals surface area contributed by atoms with Crippen LogP contribution in [0.1, 0.15) is 26.0 Å². The van der Waals surface area contributed by atoms with Gasteiger partial charge in [0.15, 0.2) is 6.10 Å². The van der Waals surface area contributed by atoms with Gasteiger partial charge in [-0.2, -0.15) is 0 Å². The van der Waals surface area contributed by atoms with E-state index in [1.807, 2.05) is 38.1 Å². The first-order valence-corrected chi connectivity index (χ1v) is 15.0. The zero-order valence-electron chi connectivity index (χ0n) is 21.4. The zero-order valence-corrected chi connectivity index (χ0v) is 22.3. The summed E-state index contributed by atoms with van der Waals surface area (Å²) in [5.74, 6) is 2.14. The topological polar surface area (TPSA) is 106 Å². The summed E-state index contributed by atoms with van der Waals surface area (Å²) < 4.78 is 30.4. The van der Waals surface area contributed by atoms with Crippen LogP contribution in [0.3, 0.4) is 0 Å². The van der Waals surface area contributed by atoms with Crippen LogP contribution in [0.2, 0.25) is 0 Å². The molecule has 1 N–H and O–H groups in total. The van der Waals surface area contributed by atoms with Gasteiger partial charge in [0.1, 0.15) is 34.1 Å². The van der Waals surface area contributed by atoms with E-state index < -0.39 is 16.0 Å². The maximum Gasteiger partial charge on any atom is 0.263 e. The lowest BCUT2D eigenvalue weighted by molar-refractivity contribution is -0.133. The summed E-state index contributed by atoms with van der Waals surface area (Å²) in [5, 5.41) is 0.545. The second-order valence-electron chi connectivity index (χ2n) is 9.67. The van der Waals surface area contributed by atoms with Gasteiger partial charge in [-0.15, -0.1) is 0 Å². The lowest BCUT2D eigenvalue weighted by atomic mass is 10.1. The Hall–Kier alpha value is -3.66. The zero-order chi connectivity index (χ0) is 26.2. The van der Waals surface area contributed by atoms with Crippen molar-refractivity contribution in [3.63, 3.8) is 0 Å². The Bertz CT molecular complexity index is 1380. The summed E-state index contributed by atoms with van der Waals surface area (Å²) in [5.41, 5.74) is 2.44. The Morgan fingerprint density at radius 3 is 2.54 bits per heavy atom. The summed E-state index contributed by atoms with van der Waals surface area (Å²) >= 11 is 0. The maximum absolute atomic E-state index is 12.7. The fraction of sp³-hybridized carbons (Fsp3) is 0.370. The Morgan fingerprint density at radius 2 is 1.89 bits per heavy atom. The van der Waals surface area contributed by atoms with Crippen LogP contribution in [0.15, 0.2) is 58.7 Å². The monoisotopic (exact) mass is 524 g/mol. The largest absolute Gasteiger partial charge is 0.480 e. The van der Waals surface area contributed by atoms with Crippen LogP contribution >= 0.6 is 0 Å². The van der Waals surface area contributed by atoms with Crippen LogP contribution in [0, 0.1) is 0 Å². The van der Waals surface area contributed by atoms with Crippen molar-refractivity contribution in [1.82, 2.24) is 14.9 Å². The molecule has 0 saturated carbocycles. The first-order chi connectivity index (χ1) is 17.7. The fourth-order valence-electron chi connectivity index (χ4n) is 4.35. The van der Waals surface area contributed by atoms with Crippen molar-refractivity contribution in [3.8, 4) is 28.5 Å². The highest BCUT2D eigenvalue weighted by Gasteiger charge is 2.32. The van der Waals surface area contributed by atoms with Crippen molar-refractivity contribution in [3.05, 3.63) is 54.4 Å². The molecular weight excluding hydrogens is 492 g/mol. The van der Waals surface area contributed by atoms with Gasteiger partial charge in [-0.1, -0.05) is 9.93 Å². The number of hydrogen-bond donors (Lipinski definition) is 2. The number of nitrogens with one attached hydrogen (secondary N) is 1. The Morgan fingerprint density at radius 1 is 1.11 bits per heavy atom. The number of hydrogen-bond acceptors (Lipinski definition) is 7. The number of amides is 1. The molecule has 0 aliphatic carbocycles. The number of carbonyl (C=O) groups excluding carboxylic acids is 1. The SMILES string of the molecule is CCN1CCC(Oc2cc(Oc3ccc([SH](C)(C)=O)nc3)cc(-c3ccc(C4=NC[C@H](C)O4)[nH]3)c2)C1=O. The molecule has 2 atom stereocenters. The first-order valence-electron chi connectivity index (χ1n) is 12.4. The Kier molecular flexibility index (Phi) is 6.76. The Labute approximate surface area is 217 Å². The summed E-state index contributed by atoms with van der Waals surface area (Å²) in [6.07, 6.45) is 5.08. The van der Waals surface area contributed by atoms with Crippen LogP contribution < -0.4 is 9.47 Å². The van der Waals surface area contributed by atoms with Crippen LogP contribution in [-0.4, -0.2) is 75.2 Å². The molecule has 1 fully saturated rings. The minimum Gasteiger partial charge on any atom is -0.480 e. The van der Waals surface area contributed by atoms with E-state index in [1.165, 1.54) is 0 Å². The molecule has 3 aromatic rings. The molecule has 10 heteroatoms. The minimum atomic E-state index is -2.46. The number of H-pyrrole nitrogens is 1. The third-order valence-electron chi connectivity index (χ3n) is 6.33. The van der Waals surface area contributed by atoms with Gasteiger partial charge in [0.2, 0.25) is 5.90 Å². The second-order valence-corrected chi connectivity index (χ2v) is 12.8. The van der Waals surface area contributed by atoms with E-state index >= 15 is 0 Å². The molecule has 5 rings (SSSR count). The highest BCUT2D eigenvalue weighted by molar-refractivity contribution is 8.01. The number of ether oxygens (including phenoxy) is 3. The van der Waals surface area contributed by atoms with Crippen molar-refractivity contribution in [2.75, 3.05) is 32.1 Å². The average molecular weight is 525 g/mol. The van der Waals surface area contributed by atoms with Gasteiger partial charge >= 0.3 is 0 Å². The molecule has 0 bridgehead atoms. The standard InChI is InChI=1S/C27H32N4O5S/c1-5-31-11-10-24(27(31)32)36-21-13-18(22-7-8-23(30-22)26-29-15-17(2)34-26)12-20(14-21)35-19-6-9-25(28-16-19)37(3,4)33/h6-9,12-14,16-17,24,30,37H,5,10-11,15H2,1-4H3/t17-,24?/m0/s1. The first kappa shape index (κ1) is 25.0. The molecule has 1 amide bonds. The molecular formula is C27H32N4O5S. The van der Waals surface area contributed by atoms with Crippen molar-refractivity contribution >= 4 is 21.7 Å². The number of likely N-dealkylation sites (N-methyl/N-ethyl adjacent to an activating group) is 1. The summed E-state index contributed by atoms with van der Waals surface area (Å²) in [6, 6.07) is 12.9. The van der Waals surface area contributed by atoms with Gasteiger partial charge in [0.05, 0.1) is 12.7 Å². The summed E-state index contributed by atoms with van der Waals surface area (Å²) in [4.78, 5) is 26.6. The van der Waals surface area contributed by atoms with Crippen molar-refractivity contribution in [2.45, 2.75) is 37.5 Å². The molecule has 1 aromatic carbocycles. The number of rotatable bonds is 8. The lowest BCUT2D eigenvalue weighted by Gasteiger charge is -2.17. The number of benzene rings is 1. The Balaban J connectivity index is 1.45. The molecule has 2 aromatic heterocycles. The smallest absolute Gasteiger partial charge is 0.263 e. The molecule has 1 saturated heterocycles. The van der Waals surface area contributed by atoms with Gasteiger partial charge in [0, 0.05) is 36.8 Å². The number of nitrogens with zero attached hydrogens (tertiary/aromatic N) is 3. The number of aromatic nitrogens is 2. The van der Waals surface area contributed by atoms with E-state index in [-0.39, 0.29) is 12.0 Å². The number of pyridine rings is 1. The predicted octanol–water partition coefficient (Wildman–Crippen LogP) is 3.67. The van der Waals surface area contributed by atoms with E-state index in [4.69, 9.17) is 14.2 Å². The summed E-state index contributed by atoms with van der Waals surface area (Å²) in [6.45, 7) is 5.92. The molecule has 9 nitrogen and oxygen atoms in total. The normalized spacial score (nSPS) is 20.1. The predicted molar refractivity (Wildman–Crippen MR) is 143 cm³/mol. The molecule has 37 heavy (non-hydrogen) atoms. The van der Waals surface area contributed by atoms with Crippen LogP contribution in [0.25, 0.3) is 11.3 Å². The highest BCUT2D eigenvalue weighted by atomic mass is 32.2. The molecule has 0 radical (unpaired) electrons. The van der Waals surface area contributed by atoms with Crippen molar-refractivity contribution < 1.29 is 23.2 Å². The van der Waals surface area contributed by atoms with Gasteiger partial charge in [-0.3, -0.25) is 9.00 Å². The second kappa shape index (κ2) is 10.0. The van der Waals surface area contributed by atoms with Gasteiger partial charge in [-0.05, 0) is 62.8 Å². The highest BCUT2D eigenvalue weighted by Crippen LogP contribution is 2.34. The number of carbonyl (C=O) groups is 1. The lowest BCUT2D eigenvalue weighted by Crippen LogP contribution is -2.32. The number of aromatic amines is 1. The van der Waals surface area contributed by atoms with E-state index in [0.29, 0.717) is 54.2 Å². The van der Waals surface area contributed by atoms with Crippen LogP contribution in [0.5, 0.6) is 17.2 Å². The van der Waals surface area contributed by atoms with E-state index in [9.17, 15) is 9.00 Å². The molecule has 196 valence electrons. The molecule has 1 unspecified atom stereocenters. The number of aliphatic imine (C=N–C) groups is 1. The third kappa shape index (κ3) is 5.53. The van der Waals surface area contributed by atoms with E-state index in [0.717, 1.165) is 17.0 Å². The molecule has 0 spiro atoms. The van der Waals surface area contributed by atoms with Crippen LogP contribution in [0.4, 0.5) is 0 Å². The molecule has 2 aliphatic rings. The average Bonchev–Trinajstić information content (AvgIpc) is 3.59. The van der Waals surface area contributed by atoms with Crippen molar-refractivity contribution in [2.24, 2.45) is 4.99 Å². The number of likely N-dealkylation sites (tertiary alicyclic amines) is 1. The minimum absolute atomic E-state index is 0.00797. The van der Waals surface area contributed by atoms with Crippen molar-refractivity contribution in [1.29, 1.82) is 0 Å². The molecule has 4 heterocycles. The number of thiol groups is 1. The fourth-order valence-corrected chi connectivity index (χ4v) is 5.12. The van der Waals surface area contributed by atoms with Gasteiger partial charge in [0.25, 0.3) is 5.91 Å². The molecule has 2 aliphatic heterocycles. The van der Waals surface area contributed by atoms with Crippen LogP contribution in [-0.2, 0) is 19.5 Å². The third-order valence-corrected chi connectivity index (χ3v) is 7.70. The van der Waals surface area contributed by atoms with E-state index in [1.54, 1.807) is 41.8 Å². The van der Waals surface area contributed by atoms with Gasteiger partial charge < -0.3 is 24.1 Å². The van der Waals surface area contributed by atoms with E-state index in [2.05, 4.69) is 15.0 Å². The maximum atomic E-state index is 12.7. The quantitative estimate of drug-likeness (QED) is 0.436. The summed E-state index contributed by atoms with van der Waals surface area (Å²) in [7, 11) is -2.46.